The van der Waals surface area contributed by atoms with Gasteiger partial charge in [0.25, 0.3) is 0 Å². The molecular weight excluding hydrogens is 158 g/mol. The van der Waals surface area contributed by atoms with Gasteiger partial charge < -0.3 is 0 Å². The first-order valence-electron chi connectivity index (χ1n) is 4.32. The minimum atomic E-state index is 0.170. The molecule has 0 aromatic rings. The molecule has 0 spiro atoms. The second-order valence-corrected chi connectivity index (χ2v) is 5.10. The summed E-state index contributed by atoms with van der Waals surface area (Å²) in [4.78, 5) is 0. The first-order valence-corrected chi connectivity index (χ1v) is 4.66. The van der Waals surface area contributed by atoms with Gasteiger partial charge in [0.1, 0.15) is 0 Å². The summed E-state index contributed by atoms with van der Waals surface area (Å²) in [7, 11) is 0. The normalized spacial score (nSPS) is 30.3. The predicted molar refractivity (Wildman–Crippen MR) is 49.7 cm³/mol. The van der Waals surface area contributed by atoms with Gasteiger partial charge in [-0.05, 0) is 58.7 Å². The van der Waals surface area contributed by atoms with Crippen LogP contribution >= 0.6 is 11.8 Å². The van der Waals surface area contributed by atoms with Gasteiger partial charge in [0.05, 0.1) is 0 Å². The van der Waals surface area contributed by atoms with E-state index in [2.05, 4.69) is 27.7 Å². The van der Waals surface area contributed by atoms with Gasteiger partial charge in [0.15, 0.2) is 0 Å². The molecule has 1 fully saturated rings. The Balaban J connectivity index is 2.76. The highest BCUT2D eigenvalue weighted by Crippen LogP contribution is 2.39. The van der Waals surface area contributed by atoms with Crippen LogP contribution in [0.1, 0.15) is 47.0 Å². The molecule has 66 valence electrons. The third-order valence-corrected chi connectivity index (χ3v) is 3.56. The molecule has 2 heteroatoms. The van der Waals surface area contributed by atoms with E-state index in [0.29, 0.717) is 0 Å². The van der Waals surface area contributed by atoms with Crippen LogP contribution in [0.3, 0.4) is 0 Å². The molecule has 1 aliphatic heterocycles. The van der Waals surface area contributed by atoms with Crippen LogP contribution in [0.5, 0.6) is 0 Å². The molecule has 1 heterocycles. The van der Waals surface area contributed by atoms with E-state index in [1.165, 1.54) is 19.3 Å². The van der Waals surface area contributed by atoms with Gasteiger partial charge in [0.2, 0.25) is 0 Å². The minimum Gasteiger partial charge on any atom is -0.209 e. The van der Waals surface area contributed by atoms with Crippen molar-refractivity contribution in [2.45, 2.75) is 58.0 Å². The lowest BCUT2D eigenvalue weighted by atomic mass is 9.83. The third kappa shape index (κ3) is 1.70. The van der Waals surface area contributed by atoms with Crippen LogP contribution in [-0.2, 0) is 0 Å². The standard InChI is InChI=1S/C9H18ClN/c1-8(2)6-5-7-9(3,4)11(8)10/h5-7H2,1-4H3. The minimum absolute atomic E-state index is 0.170. The molecule has 1 nitrogen and oxygen atoms in total. The van der Waals surface area contributed by atoms with Crippen molar-refractivity contribution in [3.8, 4) is 0 Å². The molecule has 0 N–H and O–H groups in total. The zero-order valence-electron chi connectivity index (χ0n) is 7.95. The number of hydrogen-bond donors (Lipinski definition) is 0. The fourth-order valence-corrected chi connectivity index (χ4v) is 2.14. The van der Waals surface area contributed by atoms with E-state index in [4.69, 9.17) is 11.8 Å². The zero-order chi connectivity index (χ0) is 8.70. The summed E-state index contributed by atoms with van der Waals surface area (Å²) in [5, 5.41) is 0. The smallest absolute Gasteiger partial charge is 0.0312 e. The van der Waals surface area contributed by atoms with Gasteiger partial charge in [-0.2, -0.15) is 0 Å². The highest BCUT2D eigenvalue weighted by atomic mass is 35.5. The van der Waals surface area contributed by atoms with Gasteiger partial charge >= 0.3 is 0 Å². The summed E-state index contributed by atoms with van der Waals surface area (Å²) in [5.74, 6) is 0. The third-order valence-electron chi connectivity index (χ3n) is 2.64. The zero-order valence-corrected chi connectivity index (χ0v) is 8.70. The molecule has 0 amide bonds. The quantitative estimate of drug-likeness (QED) is 0.512. The highest BCUT2D eigenvalue weighted by molar-refractivity contribution is 6.14. The number of nitrogens with zero attached hydrogens (tertiary/aromatic N) is 1. The number of hydrogen-bond acceptors (Lipinski definition) is 1. The summed E-state index contributed by atoms with van der Waals surface area (Å²) < 4.78 is 1.99. The van der Waals surface area contributed by atoms with Crippen molar-refractivity contribution < 1.29 is 0 Å². The number of piperidine rings is 1. The number of halogens is 1. The Hall–Kier alpha value is 0.250. The Morgan fingerprint density at radius 3 is 1.64 bits per heavy atom. The van der Waals surface area contributed by atoms with E-state index in [9.17, 15) is 0 Å². The second-order valence-electron chi connectivity index (χ2n) is 4.76. The average Bonchev–Trinajstić information content (AvgIpc) is 1.82. The van der Waals surface area contributed by atoms with Crippen LogP contribution in [0.4, 0.5) is 0 Å². The molecule has 0 unspecified atom stereocenters. The number of rotatable bonds is 0. The molecule has 0 aromatic carbocycles. The Labute approximate surface area is 74.8 Å². The molecule has 1 saturated heterocycles. The van der Waals surface area contributed by atoms with Crippen LogP contribution < -0.4 is 0 Å². The van der Waals surface area contributed by atoms with E-state index in [-0.39, 0.29) is 11.1 Å². The molecule has 1 aliphatic rings. The van der Waals surface area contributed by atoms with Gasteiger partial charge in [-0.3, -0.25) is 0 Å². The molecule has 0 aromatic heterocycles. The lowest BCUT2D eigenvalue weighted by Crippen LogP contribution is -2.53. The van der Waals surface area contributed by atoms with Crippen molar-refractivity contribution in [3.63, 3.8) is 0 Å². The summed E-state index contributed by atoms with van der Waals surface area (Å²) in [6.45, 7) is 8.84. The topological polar surface area (TPSA) is 3.24 Å². The molecule has 0 aliphatic carbocycles. The summed E-state index contributed by atoms with van der Waals surface area (Å²) in [5.41, 5.74) is 0.340. The molecular formula is C9H18ClN. The van der Waals surface area contributed by atoms with Gasteiger partial charge in [-0.15, -0.1) is 0 Å². The maximum Gasteiger partial charge on any atom is 0.0312 e. The largest absolute Gasteiger partial charge is 0.209 e. The molecule has 1 rings (SSSR count). The average molecular weight is 176 g/mol. The Kier molecular flexibility index (Phi) is 2.24. The monoisotopic (exact) mass is 175 g/mol. The predicted octanol–water partition coefficient (Wildman–Crippen LogP) is 3.18. The summed E-state index contributed by atoms with van der Waals surface area (Å²) in [6.07, 6.45) is 3.71. The summed E-state index contributed by atoms with van der Waals surface area (Å²) >= 11 is 6.23. The van der Waals surface area contributed by atoms with E-state index < -0.39 is 0 Å². The van der Waals surface area contributed by atoms with E-state index in [1.807, 2.05) is 4.42 Å². The lowest BCUT2D eigenvalue weighted by molar-refractivity contribution is 0.0586. The first kappa shape index (κ1) is 9.34. The Bertz CT molecular complexity index is 136. The van der Waals surface area contributed by atoms with E-state index in [1.54, 1.807) is 0 Å². The van der Waals surface area contributed by atoms with Crippen molar-refractivity contribution in [2.75, 3.05) is 0 Å². The van der Waals surface area contributed by atoms with Crippen molar-refractivity contribution in [3.05, 3.63) is 0 Å². The Morgan fingerprint density at radius 1 is 1.00 bits per heavy atom. The highest BCUT2D eigenvalue weighted by Gasteiger charge is 2.40. The van der Waals surface area contributed by atoms with Crippen molar-refractivity contribution >= 4 is 11.8 Å². The van der Waals surface area contributed by atoms with Crippen molar-refractivity contribution in [1.29, 1.82) is 0 Å². The molecule has 0 atom stereocenters. The van der Waals surface area contributed by atoms with Crippen LogP contribution in [-0.4, -0.2) is 15.5 Å². The van der Waals surface area contributed by atoms with Crippen molar-refractivity contribution in [1.82, 2.24) is 4.42 Å². The molecule has 0 radical (unpaired) electrons. The SMILES string of the molecule is CC1(C)CCCC(C)(C)N1Cl. The maximum absolute atomic E-state index is 6.23. The maximum atomic E-state index is 6.23. The fourth-order valence-electron chi connectivity index (χ4n) is 1.97. The van der Waals surface area contributed by atoms with Crippen LogP contribution in [0.25, 0.3) is 0 Å². The molecule has 11 heavy (non-hydrogen) atoms. The van der Waals surface area contributed by atoms with Crippen LogP contribution in [0, 0.1) is 0 Å². The molecule has 0 saturated carbocycles. The van der Waals surface area contributed by atoms with Gasteiger partial charge in [-0.1, -0.05) is 0 Å². The summed E-state index contributed by atoms with van der Waals surface area (Å²) in [6, 6.07) is 0. The van der Waals surface area contributed by atoms with Gasteiger partial charge in [0, 0.05) is 11.1 Å². The Morgan fingerprint density at radius 2 is 1.36 bits per heavy atom. The van der Waals surface area contributed by atoms with Crippen LogP contribution in [0.15, 0.2) is 0 Å². The second kappa shape index (κ2) is 2.63. The van der Waals surface area contributed by atoms with Gasteiger partial charge in [-0.25, -0.2) is 4.42 Å². The fraction of sp³-hybridized carbons (Fsp3) is 1.00. The van der Waals surface area contributed by atoms with Crippen molar-refractivity contribution in [2.24, 2.45) is 0 Å². The first-order chi connectivity index (χ1) is 4.86. The van der Waals surface area contributed by atoms with E-state index >= 15 is 0 Å². The lowest BCUT2D eigenvalue weighted by Gasteiger charge is -2.48. The van der Waals surface area contributed by atoms with E-state index in [0.717, 1.165) is 0 Å². The molecule has 0 bridgehead atoms. The van der Waals surface area contributed by atoms with Crippen LogP contribution in [0.2, 0.25) is 0 Å².